The van der Waals surface area contributed by atoms with Gasteiger partial charge in [0.2, 0.25) is 11.8 Å². The monoisotopic (exact) mass is 434 g/mol. The maximum atomic E-state index is 13.1. The molecule has 8 nitrogen and oxygen atoms in total. The van der Waals surface area contributed by atoms with E-state index in [9.17, 15) is 14.4 Å². The summed E-state index contributed by atoms with van der Waals surface area (Å²) >= 11 is 0. The number of likely N-dealkylation sites (N-methyl/N-ethyl adjacent to an activating group) is 1. The van der Waals surface area contributed by atoms with Crippen LogP contribution in [0.3, 0.4) is 0 Å². The maximum Gasteiger partial charge on any atom is 0.271 e. The highest BCUT2D eigenvalue weighted by atomic mass is 16.5. The number of rotatable bonds is 6. The summed E-state index contributed by atoms with van der Waals surface area (Å²) in [5.41, 5.74) is 1.25. The third-order valence-electron chi connectivity index (χ3n) is 6.09. The Balaban J connectivity index is 1.41. The van der Waals surface area contributed by atoms with Gasteiger partial charge in [0.25, 0.3) is 5.91 Å². The molecule has 0 radical (unpaired) electrons. The minimum Gasteiger partial charge on any atom is -0.497 e. The third-order valence-corrected chi connectivity index (χ3v) is 6.09. The van der Waals surface area contributed by atoms with E-state index in [1.54, 1.807) is 21.1 Å². The number of carbonyl (C=O) groups excluding carboxylic acids is 3. The Kier molecular flexibility index (Phi) is 5.61. The lowest BCUT2D eigenvalue weighted by molar-refractivity contribution is -0.134. The molecular weight excluding hydrogens is 408 g/mol. The first-order valence-corrected chi connectivity index (χ1v) is 10.4. The summed E-state index contributed by atoms with van der Waals surface area (Å²) < 4.78 is 6.99. The van der Waals surface area contributed by atoms with Gasteiger partial charge in [-0.3, -0.25) is 14.4 Å². The predicted molar refractivity (Wildman–Crippen MR) is 120 cm³/mol. The van der Waals surface area contributed by atoms with Crippen LogP contribution in [0.2, 0.25) is 0 Å². The fourth-order valence-corrected chi connectivity index (χ4v) is 3.95. The Morgan fingerprint density at radius 2 is 1.81 bits per heavy atom. The molecule has 2 N–H and O–H groups in total. The lowest BCUT2D eigenvalue weighted by Gasteiger charge is -2.41. The van der Waals surface area contributed by atoms with E-state index in [1.807, 2.05) is 59.2 Å². The maximum absolute atomic E-state index is 13.1. The molecule has 0 aliphatic carbocycles. The molecule has 32 heavy (non-hydrogen) atoms. The number of ether oxygens (including phenoxy) is 1. The molecule has 0 saturated heterocycles. The van der Waals surface area contributed by atoms with Crippen molar-refractivity contribution < 1.29 is 19.1 Å². The van der Waals surface area contributed by atoms with Gasteiger partial charge >= 0.3 is 0 Å². The Bertz CT molecular complexity index is 1180. The molecule has 3 amide bonds. The van der Waals surface area contributed by atoms with Gasteiger partial charge in [0, 0.05) is 24.5 Å². The van der Waals surface area contributed by atoms with E-state index in [0.717, 1.165) is 22.2 Å². The molecule has 1 aliphatic heterocycles. The summed E-state index contributed by atoms with van der Waals surface area (Å²) in [6.45, 7) is 2.18. The minimum atomic E-state index is -1.12. The van der Waals surface area contributed by atoms with Crippen LogP contribution in [-0.2, 0) is 22.7 Å². The van der Waals surface area contributed by atoms with Gasteiger partial charge in [-0.25, -0.2) is 0 Å². The average Bonchev–Trinajstić information content (AvgIpc) is 3.18. The summed E-state index contributed by atoms with van der Waals surface area (Å²) in [7, 11) is 3.21. The second-order valence-corrected chi connectivity index (χ2v) is 8.12. The summed E-state index contributed by atoms with van der Waals surface area (Å²) in [5, 5.41) is 6.42. The largest absolute Gasteiger partial charge is 0.497 e. The fourth-order valence-electron chi connectivity index (χ4n) is 3.95. The van der Waals surface area contributed by atoms with Gasteiger partial charge in [0.1, 0.15) is 17.0 Å². The van der Waals surface area contributed by atoms with Crippen molar-refractivity contribution in [2.45, 2.75) is 25.6 Å². The number of amides is 3. The molecule has 4 rings (SSSR count). The third kappa shape index (κ3) is 3.79. The van der Waals surface area contributed by atoms with Crippen molar-refractivity contribution in [1.29, 1.82) is 0 Å². The molecule has 0 saturated carbocycles. The number of hydrogen-bond acceptors (Lipinski definition) is 4. The van der Waals surface area contributed by atoms with E-state index in [4.69, 9.17) is 4.74 Å². The van der Waals surface area contributed by atoms with Crippen molar-refractivity contribution in [3.05, 3.63) is 65.9 Å². The highest BCUT2D eigenvalue weighted by molar-refractivity contribution is 6.03. The number of benzene rings is 2. The van der Waals surface area contributed by atoms with Gasteiger partial charge in [-0.05, 0) is 36.8 Å². The van der Waals surface area contributed by atoms with Crippen LogP contribution in [0, 0.1) is 0 Å². The van der Waals surface area contributed by atoms with Gasteiger partial charge < -0.3 is 24.8 Å². The van der Waals surface area contributed by atoms with Gasteiger partial charge in [0.05, 0.1) is 20.2 Å². The van der Waals surface area contributed by atoms with Gasteiger partial charge in [-0.1, -0.05) is 30.3 Å². The van der Waals surface area contributed by atoms with Crippen LogP contribution in [-0.4, -0.2) is 53.4 Å². The lowest BCUT2D eigenvalue weighted by Crippen LogP contribution is -2.63. The Labute approximate surface area is 186 Å². The fraction of sp³-hybridized carbons (Fsp3) is 0.292. The minimum absolute atomic E-state index is 0.175. The molecule has 2 aromatic carbocycles. The van der Waals surface area contributed by atoms with Gasteiger partial charge in [-0.2, -0.15) is 0 Å². The molecule has 0 spiro atoms. The van der Waals surface area contributed by atoms with Crippen LogP contribution in [0.4, 0.5) is 0 Å². The zero-order valence-electron chi connectivity index (χ0n) is 18.3. The number of hydrogen-bond donors (Lipinski definition) is 2. The van der Waals surface area contributed by atoms with Gasteiger partial charge in [-0.15, -0.1) is 0 Å². The van der Waals surface area contributed by atoms with Crippen LogP contribution < -0.4 is 15.4 Å². The van der Waals surface area contributed by atoms with E-state index in [0.29, 0.717) is 18.8 Å². The number of aromatic nitrogens is 1. The van der Waals surface area contributed by atoms with Crippen molar-refractivity contribution >= 4 is 28.6 Å². The number of para-hydroxylation sites is 1. The number of methoxy groups -OCH3 is 1. The van der Waals surface area contributed by atoms with Crippen LogP contribution in [0.15, 0.2) is 54.6 Å². The van der Waals surface area contributed by atoms with Crippen LogP contribution in [0.1, 0.15) is 23.0 Å². The van der Waals surface area contributed by atoms with Crippen molar-refractivity contribution in [3.8, 4) is 5.75 Å². The number of fused-ring (bicyclic) bond motifs is 3. The lowest BCUT2D eigenvalue weighted by atomic mass is 9.95. The topological polar surface area (TPSA) is 92.7 Å². The Morgan fingerprint density at radius 3 is 2.53 bits per heavy atom. The number of nitrogens with zero attached hydrogens (tertiary/aromatic N) is 2. The van der Waals surface area contributed by atoms with E-state index in [1.165, 1.54) is 4.90 Å². The standard InChI is InChI=1S/C24H26N4O4/c1-24(15-28-19-7-5-4-6-17(19)12-20(28)22(30)27(24)2)23(31)26-14-21(29)25-13-16-8-10-18(32-3)11-9-16/h4-12H,13-15H2,1-3H3,(H,25,29)(H,26,31)/t24-/m1/s1. The quantitative estimate of drug-likeness (QED) is 0.620. The van der Waals surface area contributed by atoms with Crippen LogP contribution in [0.25, 0.3) is 10.9 Å². The molecule has 2 heterocycles. The van der Waals surface area contributed by atoms with E-state index < -0.39 is 5.54 Å². The summed E-state index contributed by atoms with van der Waals surface area (Å²) in [5.74, 6) is -0.176. The molecule has 8 heteroatoms. The molecule has 1 aliphatic rings. The molecule has 0 unspecified atom stereocenters. The first-order chi connectivity index (χ1) is 15.3. The molecule has 1 atom stereocenters. The van der Waals surface area contributed by atoms with E-state index >= 15 is 0 Å². The van der Waals surface area contributed by atoms with Gasteiger partial charge in [0.15, 0.2) is 0 Å². The smallest absolute Gasteiger partial charge is 0.271 e. The van der Waals surface area contributed by atoms with Crippen molar-refractivity contribution in [3.63, 3.8) is 0 Å². The zero-order valence-corrected chi connectivity index (χ0v) is 18.3. The summed E-state index contributed by atoms with van der Waals surface area (Å²) in [4.78, 5) is 39.8. The van der Waals surface area contributed by atoms with Crippen molar-refractivity contribution in [2.75, 3.05) is 20.7 Å². The summed E-state index contributed by atoms with van der Waals surface area (Å²) in [6, 6.07) is 16.9. The second kappa shape index (κ2) is 8.37. The first kappa shape index (κ1) is 21.4. The molecule has 166 valence electrons. The highest BCUT2D eigenvalue weighted by Gasteiger charge is 2.45. The molecule has 3 aromatic rings. The van der Waals surface area contributed by atoms with Crippen molar-refractivity contribution in [1.82, 2.24) is 20.1 Å². The van der Waals surface area contributed by atoms with Crippen LogP contribution in [0.5, 0.6) is 5.75 Å². The predicted octanol–water partition coefficient (Wildman–Crippen LogP) is 1.93. The number of carbonyl (C=O) groups is 3. The number of nitrogens with one attached hydrogen (secondary N) is 2. The first-order valence-electron chi connectivity index (χ1n) is 10.4. The van der Waals surface area contributed by atoms with Crippen molar-refractivity contribution in [2.24, 2.45) is 0 Å². The zero-order chi connectivity index (χ0) is 22.9. The normalized spacial score (nSPS) is 17.7. The highest BCUT2D eigenvalue weighted by Crippen LogP contribution is 2.31. The Morgan fingerprint density at radius 1 is 1.09 bits per heavy atom. The molecular formula is C24H26N4O4. The Hall–Kier alpha value is -3.81. The van der Waals surface area contributed by atoms with E-state index in [2.05, 4.69) is 10.6 Å². The second-order valence-electron chi connectivity index (χ2n) is 8.12. The molecule has 0 fully saturated rings. The van der Waals surface area contributed by atoms with E-state index in [-0.39, 0.29) is 24.3 Å². The molecule has 1 aromatic heterocycles. The van der Waals surface area contributed by atoms with Crippen LogP contribution >= 0.6 is 0 Å². The molecule has 0 bridgehead atoms. The average molecular weight is 434 g/mol. The summed E-state index contributed by atoms with van der Waals surface area (Å²) in [6.07, 6.45) is 0. The SMILES string of the molecule is COc1ccc(CNC(=O)CNC(=O)[C@@]2(C)Cn3c(cc4ccccc43)C(=O)N2C)cc1.